The molecular formula is C27H27ClFNO6. The topological polar surface area (TPSA) is 112 Å². The first kappa shape index (κ1) is 26.2. The number of halogens is 2. The molecule has 0 bridgehead atoms. The van der Waals surface area contributed by atoms with Gasteiger partial charge in [-0.15, -0.1) is 0 Å². The monoisotopic (exact) mass is 515 g/mol. The third-order valence-electron chi connectivity index (χ3n) is 6.21. The molecule has 190 valence electrons. The number of benzene rings is 3. The molecule has 5 atom stereocenters. The van der Waals surface area contributed by atoms with Crippen LogP contribution in [0, 0.1) is 5.82 Å². The standard InChI is InChI=1S/C27H27ClFNO6/c1-35-30-23(17-6-9-20(29)10-7-17)16-4-2-15(3-5-16)12-19-13-18(8-11-21(19)28)27-26(34)25(33)24(32)22(14-31)36-27/h2-11,13,22,24-27,31-34H,12,14H2,1H3/t22-,24-,25+,26-,27+/m1/s1. The van der Waals surface area contributed by atoms with Gasteiger partial charge in [0.1, 0.15) is 49.2 Å². The summed E-state index contributed by atoms with van der Waals surface area (Å²) in [6, 6.07) is 18.7. The van der Waals surface area contributed by atoms with Crippen LogP contribution >= 0.6 is 11.6 Å². The second-order valence-corrected chi connectivity index (χ2v) is 9.01. The molecule has 3 aromatic rings. The lowest BCUT2D eigenvalue weighted by atomic mass is 9.90. The molecule has 1 fully saturated rings. The maximum Gasteiger partial charge on any atom is 0.123 e. The number of aliphatic hydroxyl groups is 4. The van der Waals surface area contributed by atoms with Crippen molar-refractivity contribution in [1.82, 2.24) is 0 Å². The quantitative estimate of drug-likeness (QED) is 0.284. The van der Waals surface area contributed by atoms with E-state index >= 15 is 0 Å². The fraction of sp³-hybridized carbons (Fsp3) is 0.296. The molecule has 0 aliphatic carbocycles. The molecule has 36 heavy (non-hydrogen) atoms. The minimum absolute atomic E-state index is 0.339. The Kier molecular flexibility index (Phi) is 8.35. The van der Waals surface area contributed by atoms with Crippen molar-refractivity contribution < 1.29 is 34.4 Å². The fourth-order valence-electron chi connectivity index (χ4n) is 4.26. The van der Waals surface area contributed by atoms with Crippen molar-refractivity contribution in [3.63, 3.8) is 0 Å². The number of rotatable bonds is 7. The maximum absolute atomic E-state index is 13.3. The summed E-state index contributed by atoms with van der Waals surface area (Å²) in [4.78, 5) is 4.99. The second-order valence-electron chi connectivity index (χ2n) is 8.60. The van der Waals surface area contributed by atoms with Crippen LogP contribution in [0.25, 0.3) is 0 Å². The minimum atomic E-state index is -1.46. The van der Waals surface area contributed by atoms with Gasteiger partial charge in [0.05, 0.1) is 6.61 Å². The van der Waals surface area contributed by atoms with E-state index in [1.807, 2.05) is 24.3 Å². The molecule has 0 unspecified atom stereocenters. The van der Waals surface area contributed by atoms with Gasteiger partial charge in [0.25, 0.3) is 0 Å². The van der Waals surface area contributed by atoms with Gasteiger partial charge in [-0.2, -0.15) is 0 Å². The molecule has 7 nitrogen and oxygen atoms in total. The first-order valence-corrected chi connectivity index (χ1v) is 11.8. The molecule has 0 spiro atoms. The van der Waals surface area contributed by atoms with Crippen LogP contribution < -0.4 is 0 Å². The Balaban J connectivity index is 1.56. The Bertz CT molecular complexity index is 1200. The molecule has 3 aromatic carbocycles. The zero-order valence-corrected chi connectivity index (χ0v) is 20.2. The number of ether oxygens (including phenoxy) is 1. The van der Waals surface area contributed by atoms with Crippen molar-refractivity contribution in [1.29, 1.82) is 0 Å². The Hall–Kier alpha value is -2.85. The first-order valence-electron chi connectivity index (χ1n) is 11.4. The van der Waals surface area contributed by atoms with Crippen molar-refractivity contribution in [2.24, 2.45) is 5.16 Å². The number of oxime groups is 1. The van der Waals surface area contributed by atoms with Crippen LogP contribution in [0.1, 0.15) is 33.9 Å². The summed E-state index contributed by atoms with van der Waals surface area (Å²) >= 11 is 6.45. The normalized spacial score (nSPS) is 24.5. The van der Waals surface area contributed by atoms with Crippen LogP contribution in [0.15, 0.2) is 71.9 Å². The average molecular weight is 516 g/mol. The van der Waals surface area contributed by atoms with Crippen molar-refractivity contribution in [2.45, 2.75) is 36.9 Å². The molecular weight excluding hydrogens is 489 g/mol. The molecule has 0 amide bonds. The van der Waals surface area contributed by atoms with Crippen LogP contribution in [-0.2, 0) is 16.0 Å². The van der Waals surface area contributed by atoms with Crippen LogP contribution in [0.3, 0.4) is 0 Å². The molecule has 0 radical (unpaired) electrons. The lowest BCUT2D eigenvalue weighted by Gasteiger charge is -2.40. The zero-order chi connectivity index (χ0) is 25.8. The van der Waals surface area contributed by atoms with E-state index in [1.54, 1.807) is 30.3 Å². The van der Waals surface area contributed by atoms with E-state index in [-0.39, 0.29) is 5.82 Å². The van der Waals surface area contributed by atoms with E-state index in [2.05, 4.69) is 5.16 Å². The predicted octanol–water partition coefficient (Wildman–Crippen LogP) is 2.98. The second kappa shape index (κ2) is 11.5. The van der Waals surface area contributed by atoms with Gasteiger partial charge in [-0.3, -0.25) is 0 Å². The van der Waals surface area contributed by atoms with Gasteiger partial charge in [-0.1, -0.05) is 53.2 Å². The molecule has 1 saturated heterocycles. The van der Waals surface area contributed by atoms with E-state index in [0.29, 0.717) is 28.3 Å². The summed E-state index contributed by atoms with van der Waals surface area (Å²) in [5, 5.41) is 44.7. The van der Waals surface area contributed by atoms with Gasteiger partial charge < -0.3 is 30.0 Å². The first-order chi connectivity index (χ1) is 17.3. The highest BCUT2D eigenvalue weighted by Crippen LogP contribution is 2.34. The van der Waals surface area contributed by atoms with Crippen LogP contribution in [0.4, 0.5) is 4.39 Å². The molecule has 1 aliphatic heterocycles. The largest absolute Gasteiger partial charge is 0.399 e. The molecule has 0 aromatic heterocycles. The number of nitrogens with zero attached hydrogens (tertiary/aromatic N) is 1. The van der Waals surface area contributed by atoms with E-state index in [4.69, 9.17) is 21.2 Å². The maximum atomic E-state index is 13.3. The highest BCUT2D eigenvalue weighted by atomic mass is 35.5. The Labute approximate surface area is 213 Å². The Morgan fingerprint density at radius 2 is 1.58 bits per heavy atom. The summed E-state index contributed by atoms with van der Waals surface area (Å²) in [7, 11) is 1.45. The molecule has 1 heterocycles. The third-order valence-corrected chi connectivity index (χ3v) is 6.58. The number of aliphatic hydroxyl groups excluding tert-OH is 4. The van der Waals surface area contributed by atoms with Crippen molar-refractivity contribution >= 4 is 17.3 Å². The van der Waals surface area contributed by atoms with Gasteiger partial charge in [-0.25, -0.2) is 4.39 Å². The molecule has 4 rings (SSSR count). The minimum Gasteiger partial charge on any atom is -0.399 e. The molecule has 0 saturated carbocycles. The van der Waals surface area contributed by atoms with Crippen molar-refractivity contribution in [2.75, 3.05) is 13.7 Å². The smallest absolute Gasteiger partial charge is 0.123 e. The summed E-state index contributed by atoms with van der Waals surface area (Å²) in [6.45, 7) is -0.499. The summed E-state index contributed by atoms with van der Waals surface area (Å²) in [5.41, 5.74) is 4.33. The number of hydrogen-bond donors (Lipinski definition) is 4. The van der Waals surface area contributed by atoms with Gasteiger partial charge in [0.15, 0.2) is 0 Å². The van der Waals surface area contributed by atoms with E-state index in [9.17, 15) is 24.8 Å². The van der Waals surface area contributed by atoms with E-state index in [1.165, 1.54) is 19.2 Å². The fourth-order valence-corrected chi connectivity index (χ4v) is 4.44. The summed E-state index contributed by atoms with van der Waals surface area (Å²) in [5.74, 6) is -0.339. The molecule has 9 heteroatoms. The van der Waals surface area contributed by atoms with E-state index < -0.39 is 37.1 Å². The number of hydrogen-bond acceptors (Lipinski definition) is 7. The van der Waals surface area contributed by atoms with Crippen molar-refractivity contribution in [3.8, 4) is 0 Å². The Morgan fingerprint density at radius 1 is 0.944 bits per heavy atom. The van der Waals surface area contributed by atoms with E-state index in [0.717, 1.165) is 16.7 Å². The van der Waals surface area contributed by atoms with Crippen LogP contribution in [0.5, 0.6) is 0 Å². The molecule has 4 N–H and O–H groups in total. The zero-order valence-electron chi connectivity index (χ0n) is 19.5. The summed E-state index contributed by atoms with van der Waals surface area (Å²) < 4.78 is 19.0. The van der Waals surface area contributed by atoms with Crippen molar-refractivity contribution in [3.05, 3.63) is 105 Å². The van der Waals surface area contributed by atoms with Gasteiger partial charge in [0.2, 0.25) is 0 Å². The molecule has 1 aliphatic rings. The summed E-state index contributed by atoms with van der Waals surface area (Å²) in [6.07, 6.45) is -5.73. The lowest BCUT2D eigenvalue weighted by Crippen LogP contribution is -2.55. The third kappa shape index (κ3) is 5.59. The van der Waals surface area contributed by atoms with Crippen LogP contribution in [-0.4, -0.2) is 64.3 Å². The predicted molar refractivity (Wildman–Crippen MR) is 132 cm³/mol. The van der Waals surface area contributed by atoms with Gasteiger partial charge in [0, 0.05) is 16.1 Å². The SMILES string of the molecule is CON=C(c1ccc(F)cc1)c1ccc(Cc2cc([C@@H]3O[C@H](CO)[C@@H](O)[C@H](O)[C@H]3O)ccc2Cl)cc1. The van der Waals surface area contributed by atoms with Crippen LogP contribution in [0.2, 0.25) is 5.02 Å². The Morgan fingerprint density at radius 3 is 2.19 bits per heavy atom. The average Bonchev–Trinajstić information content (AvgIpc) is 2.89. The van der Waals surface area contributed by atoms with Gasteiger partial charge >= 0.3 is 0 Å². The van der Waals surface area contributed by atoms with Gasteiger partial charge in [-0.05, 0) is 53.4 Å². The lowest BCUT2D eigenvalue weighted by molar-refractivity contribution is -0.231. The highest BCUT2D eigenvalue weighted by Gasteiger charge is 2.44. The highest BCUT2D eigenvalue weighted by molar-refractivity contribution is 6.31.